The highest BCUT2D eigenvalue weighted by Gasteiger charge is 2.19. The summed E-state index contributed by atoms with van der Waals surface area (Å²) in [6, 6.07) is 0. The molecule has 0 aliphatic heterocycles. The minimum atomic E-state index is -0.332. The van der Waals surface area contributed by atoms with Crippen molar-refractivity contribution in [2.45, 2.75) is 18.1 Å². The molecule has 1 aliphatic carbocycles. The van der Waals surface area contributed by atoms with Crippen molar-refractivity contribution in [2.75, 3.05) is 0 Å². The second kappa shape index (κ2) is 3.78. The van der Waals surface area contributed by atoms with Gasteiger partial charge in [0, 0.05) is 5.25 Å². The molecule has 3 nitrogen and oxygen atoms in total. The molecule has 62 valence electrons. The van der Waals surface area contributed by atoms with E-state index in [2.05, 4.69) is 12.6 Å². The second-order valence-corrected chi connectivity index (χ2v) is 3.28. The predicted octanol–water partition coefficient (Wildman–Crippen LogP) is 0.756. The average molecular weight is 173 g/mol. The van der Waals surface area contributed by atoms with Gasteiger partial charge in [-0.15, -0.1) is 0 Å². The van der Waals surface area contributed by atoms with Crippen LogP contribution in [-0.2, 0) is 4.79 Å². The Morgan fingerprint density at radius 1 is 1.55 bits per heavy atom. The molecule has 0 bridgehead atoms. The summed E-state index contributed by atoms with van der Waals surface area (Å²) in [5.74, 6) is -0.509. The van der Waals surface area contributed by atoms with Crippen LogP contribution in [0.15, 0.2) is 12.2 Å². The molecule has 0 saturated carbocycles. The topological polar surface area (TPSA) is 49.3 Å². The molecule has 2 unspecified atom stereocenters. The number of hydrogen-bond donors (Lipinski definition) is 3. The fourth-order valence-corrected chi connectivity index (χ4v) is 1.36. The van der Waals surface area contributed by atoms with Crippen LogP contribution in [0.1, 0.15) is 12.8 Å². The highest BCUT2D eigenvalue weighted by molar-refractivity contribution is 7.81. The third-order valence-corrected chi connectivity index (χ3v) is 2.22. The van der Waals surface area contributed by atoms with Crippen LogP contribution in [0.4, 0.5) is 0 Å². The number of thiol groups is 1. The molecule has 1 aliphatic rings. The predicted molar refractivity (Wildman–Crippen MR) is 44.6 cm³/mol. The Kier molecular flexibility index (Phi) is 2.96. The second-order valence-electron chi connectivity index (χ2n) is 2.61. The minimum Gasteiger partial charge on any atom is -0.289 e. The number of amides is 1. The van der Waals surface area contributed by atoms with Crippen molar-refractivity contribution in [1.82, 2.24) is 5.48 Å². The van der Waals surface area contributed by atoms with Gasteiger partial charge >= 0.3 is 0 Å². The van der Waals surface area contributed by atoms with E-state index in [9.17, 15) is 4.79 Å². The van der Waals surface area contributed by atoms with E-state index in [1.165, 1.54) is 0 Å². The van der Waals surface area contributed by atoms with Gasteiger partial charge < -0.3 is 0 Å². The van der Waals surface area contributed by atoms with Crippen molar-refractivity contribution in [3.63, 3.8) is 0 Å². The summed E-state index contributed by atoms with van der Waals surface area (Å²) < 4.78 is 0. The molecule has 1 rings (SSSR count). The number of hydroxylamine groups is 1. The van der Waals surface area contributed by atoms with Crippen molar-refractivity contribution in [1.29, 1.82) is 0 Å². The van der Waals surface area contributed by atoms with Crippen LogP contribution in [-0.4, -0.2) is 16.4 Å². The van der Waals surface area contributed by atoms with Crippen molar-refractivity contribution >= 4 is 18.5 Å². The largest absolute Gasteiger partial charge is 0.289 e. The SMILES string of the molecule is O=C(NO)C1C=CC(S)CC1. The van der Waals surface area contributed by atoms with Crippen molar-refractivity contribution in [3.05, 3.63) is 12.2 Å². The lowest BCUT2D eigenvalue weighted by atomic mass is 9.95. The van der Waals surface area contributed by atoms with E-state index in [0.29, 0.717) is 0 Å². The lowest BCUT2D eigenvalue weighted by Gasteiger charge is -2.17. The van der Waals surface area contributed by atoms with Gasteiger partial charge in [-0.05, 0) is 12.8 Å². The fourth-order valence-electron chi connectivity index (χ4n) is 1.11. The van der Waals surface area contributed by atoms with Gasteiger partial charge in [-0.2, -0.15) is 12.6 Å². The molecule has 11 heavy (non-hydrogen) atoms. The van der Waals surface area contributed by atoms with E-state index in [-0.39, 0.29) is 17.1 Å². The van der Waals surface area contributed by atoms with Gasteiger partial charge in [-0.1, -0.05) is 12.2 Å². The Balaban J connectivity index is 2.50. The first kappa shape index (κ1) is 8.62. The zero-order valence-electron chi connectivity index (χ0n) is 6.03. The number of nitrogens with one attached hydrogen (secondary N) is 1. The molecule has 0 spiro atoms. The first-order valence-corrected chi connectivity index (χ1v) is 4.06. The van der Waals surface area contributed by atoms with Gasteiger partial charge in [0.1, 0.15) is 0 Å². The summed E-state index contributed by atoms with van der Waals surface area (Å²) in [7, 11) is 0. The number of hydrogen-bond acceptors (Lipinski definition) is 3. The van der Waals surface area contributed by atoms with Crippen LogP contribution >= 0.6 is 12.6 Å². The maximum Gasteiger partial charge on any atom is 0.250 e. The summed E-state index contributed by atoms with van der Waals surface area (Å²) in [6.45, 7) is 0. The normalized spacial score (nSPS) is 30.0. The Morgan fingerprint density at radius 2 is 2.27 bits per heavy atom. The van der Waals surface area contributed by atoms with Crippen LogP contribution in [0, 0.1) is 5.92 Å². The van der Waals surface area contributed by atoms with Crippen molar-refractivity contribution in [3.8, 4) is 0 Å². The smallest absolute Gasteiger partial charge is 0.250 e. The third kappa shape index (κ3) is 2.24. The standard InChI is InChI=1S/C7H11NO2S/c9-7(8-10)5-1-3-6(11)4-2-5/h1,3,5-6,10-11H,2,4H2,(H,8,9). The molecular weight excluding hydrogens is 162 g/mol. The van der Waals surface area contributed by atoms with E-state index in [1.807, 2.05) is 6.08 Å². The van der Waals surface area contributed by atoms with Crippen LogP contribution in [0.2, 0.25) is 0 Å². The Hall–Kier alpha value is -0.480. The zero-order valence-corrected chi connectivity index (χ0v) is 6.92. The van der Waals surface area contributed by atoms with Gasteiger partial charge in [0.05, 0.1) is 5.92 Å². The van der Waals surface area contributed by atoms with Crippen LogP contribution in [0.5, 0.6) is 0 Å². The van der Waals surface area contributed by atoms with Gasteiger partial charge in [0.2, 0.25) is 5.91 Å². The highest BCUT2D eigenvalue weighted by atomic mass is 32.1. The van der Waals surface area contributed by atoms with E-state index in [4.69, 9.17) is 5.21 Å². The lowest BCUT2D eigenvalue weighted by Crippen LogP contribution is -2.28. The highest BCUT2D eigenvalue weighted by Crippen LogP contribution is 2.20. The van der Waals surface area contributed by atoms with E-state index >= 15 is 0 Å². The number of carbonyl (C=O) groups is 1. The molecule has 0 aromatic rings. The van der Waals surface area contributed by atoms with E-state index in [0.717, 1.165) is 12.8 Å². The Bertz CT molecular complexity index is 181. The molecule has 0 aromatic heterocycles. The molecular formula is C7H11NO2S. The Morgan fingerprint density at radius 3 is 2.73 bits per heavy atom. The first-order valence-electron chi connectivity index (χ1n) is 3.54. The molecule has 4 heteroatoms. The van der Waals surface area contributed by atoms with Crippen LogP contribution < -0.4 is 5.48 Å². The molecule has 1 amide bonds. The fraction of sp³-hybridized carbons (Fsp3) is 0.571. The first-order chi connectivity index (χ1) is 5.24. The summed E-state index contributed by atoms with van der Waals surface area (Å²) in [5.41, 5.74) is 1.63. The quantitative estimate of drug-likeness (QED) is 0.237. The molecule has 0 heterocycles. The van der Waals surface area contributed by atoms with Crippen molar-refractivity contribution in [2.24, 2.45) is 5.92 Å². The van der Waals surface area contributed by atoms with Gasteiger partial charge in [0.25, 0.3) is 0 Å². The van der Waals surface area contributed by atoms with Crippen LogP contribution in [0.3, 0.4) is 0 Å². The lowest BCUT2D eigenvalue weighted by molar-refractivity contribution is -0.132. The average Bonchev–Trinajstić information content (AvgIpc) is 2.05. The number of rotatable bonds is 1. The number of carbonyl (C=O) groups excluding carboxylic acids is 1. The summed E-state index contributed by atoms with van der Waals surface area (Å²) in [5, 5.41) is 8.56. The molecule has 0 radical (unpaired) electrons. The summed E-state index contributed by atoms with van der Waals surface area (Å²) in [4.78, 5) is 10.8. The van der Waals surface area contributed by atoms with Crippen molar-refractivity contribution < 1.29 is 10.0 Å². The van der Waals surface area contributed by atoms with Crippen LogP contribution in [0.25, 0.3) is 0 Å². The zero-order chi connectivity index (χ0) is 8.27. The summed E-state index contributed by atoms with van der Waals surface area (Å²) in [6.07, 6.45) is 5.31. The van der Waals surface area contributed by atoms with E-state index in [1.54, 1.807) is 11.6 Å². The van der Waals surface area contributed by atoms with Gasteiger partial charge in [-0.25, -0.2) is 5.48 Å². The molecule has 0 aromatic carbocycles. The minimum absolute atomic E-state index is 0.177. The summed E-state index contributed by atoms with van der Waals surface area (Å²) >= 11 is 4.22. The van der Waals surface area contributed by atoms with E-state index < -0.39 is 0 Å². The van der Waals surface area contributed by atoms with Gasteiger partial charge in [-0.3, -0.25) is 10.0 Å². The van der Waals surface area contributed by atoms with Gasteiger partial charge in [0.15, 0.2) is 0 Å². The third-order valence-electron chi connectivity index (χ3n) is 1.79. The molecule has 2 atom stereocenters. The Labute approximate surface area is 70.8 Å². The molecule has 0 saturated heterocycles. The molecule has 2 N–H and O–H groups in total. The molecule has 0 fully saturated rings. The monoisotopic (exact) mass is 173 g/mol. The maximum absolute atomic E-state index is 10.8. The maximum atomic E-state index is 10.8.